The van der Waals surface area contributed by atoms with E-state index in [-0.39, 0.29) is 27.0 Å². The SMILES string of the molecule is O=C(On1c(=O)c2c(nc(N3CCNCC3)n2-c2ccccc2Cl)n(CCF)c1=O)C(F)(F)F. The summed E-state index contributed by atoms with van der Waals surface area (Å²) in [6.45, 7) is 0.256. The van der Waals surface area contributed by atoms with Gasteiger partial charge in [0.1, 0.15) is 6.67 Å². The lowest BCUT2D eigenvalue weighted by Crippen LogP contribution is -2.48. The summed E-state index contributed by atoms with van der Waals surface area (Å²) in [7, 11) is 0. The Labute approximate surface area is 192 Å². The average Bonchev–Trinajstić information content (AvgIpc) is 3.20. The van der Waals surface area contributed by atoms with Crippen LogP contribution < -0.4 is 26.3 Å². The molecular weight excluding hydrogens is 488 g/mol. The number of rotatable bonds is 5. The first-order valence-electron chi connectivity index (χ1n) is 9.99. The molecule has 0 amide bonds. The largest absolute Gasteiger partial charge is 0.493 e. The van der Waals surface area contributed by atoms with Crippen molar-refractivity contribution >= 4 is 34.7 Å². The van der Waals surface area contributed by atoms with Crippen LogP contribution in [-0.2, 0) is 11.3 Å². The molecule has 1 saturated heterocycles. The number of aromatic nitrogens is 4. The highest BCUT2D eigenvalue weighted by Gasteiger charge is 2.43. The fourth-order valence-electron chi connectivity index (χ4n) is 3.60. The van der Waals surface area contributed by atoms with Gasteiger partial charge in [-0.2, -0.15) is 18.2 Å². The fourth-order valence-corrected chi connectivity index (χ4v) is 3.82. The first-order chi connectivity index (χ1) is 16.1. The summed E-state index contributed by atoms with van der Waals surface area (Å²) < 4.78 is 53.3. The zero-order valence-corrected chi connectivity index (χ0v) is 18.1. The van der Waals surface area contributed by atoms with Gasteiger partial charge in [-0.05, 0) is 12.1 Å². The summed E-state index contributed by atoms with van der Waals surface area (Å²) in [5.41, 5.74) is -3.34. The van der Waals surface area contributed by atoms with Crippen molar-refractivity contribution in [2.75, 3.05) is 37.8 Å². The lowest BCUT2D eigenvalue weighted by atomic mass is 10.3. The van der Waals surface area contributed by atoms with E-state index in [1.165, 1.54) is 16.7 Å². The molecule has 10 nitrogen and oxygen atoms in total. The topological polar surface area (TPSA) is 103 Å². The summed E-state index contributed by atoms with van der Waals surface area (Å²) in [5.74, 6) is -2.63. The van der Waals surface area contributed by atoms with Crippen molar-refractivity contribution in [3.05, 3.63) is 50.1 Å². The molecule has 182 valence electrons. The Morgan fingerprint density at radius 2 is 1.85 bits per heavy atom. The van der Waals surface area contributed by atoms with Gasteiger partial charge in [0.25, 0.3) is 0 Å². The number of hydrogen-bond donors (Lipinski definition) is 1. The third kappa shape index (κ3) is 4.14. The van der Waals surface area contributed by atoms with Crippen LogP contribution in [0.3, 0.4) is 0 Å². The molecule has 1 fully saturated rings. The van der Waals surface area contributed by atoms with Gasteiger partial charge in [0, 0.05) is 26.2 Å². The van der Waals surface area contributed by atoms with E-state index in [9.17, 15) is 31.9 Å². The zero-order valence-electron chi connectivity index (χ0n) is 17.3. The molecule has 4 rings (SSSR count). The molecule has 1 aliphatic rings. The predicted octanol–water partition coefficient (Wildman–Crippen LogP) is 0.899. The number of halogens is 5. The van der Waals surface area contributed by atoms with Gasteiger partial charge in [-0.3, -0.25) is 13.9 Å². The Balaban J connectivity index is 2.09. The number of carbonyl (C=O) groups excluding carboxylic acids is 1. The smallest absolute Gasteiger partial charge is 0.339 e. The number of para-hydroxylation sites is 1. The van der Waals surface area contributed by atoms with Crippen molar-refractivity contribution in [1.29, 1.82) is 0 Å². The standard InChI is InChI=1S/C19H17ClF4N6O4/c20-11-3-1-2-4-12(11)29-13-14(26-17(29)27-9-6-25-7-10-27)28(8-5-21)18(33)30(15(13)31)34-16(32)19(22,23)24/h1-4,25H,5-10H2. The number of nitrogens with zero attached hydrogens (tertiary/aromatic N) is 5. The molecule has 34 heavy (non-hydrogen) atoms. The van der Waals surface area contributed by atoms with Gasteiger partial charge in [-0.1, -0.05) is 28.5 Å². The molecular formula is C19H17ClF4N6O4. The van der Waals surface area contributed by atoms with Gasteiger partial charge in [-0.25, -0.2) is 14.0 Å². The van der Waals surface area contributed by atoms with Crippen molar-refractivity contribution in [2.45, 2.75) is 12.7 Å². The molecule has 2 aromatic heterocycles. The first-order valence-corrected chi connectivity index (χ1v) is 10.4. The van der Waals surface area contributed by atoms with Crippen LogP contribution >= 0.6 is 11.6 Å². The molecule has 0 saturated carbocycles. The van der Waals surface area contributed by atoms with E-state index >= 15 is 0 Å². The van der Waals surface area contributed by atoms with Crippen LogP contribution in [0.1, 0.15) is 0 Å². The minimum absolute atomic E-state index is 0.161. The number of hydrogen-bond acceptors (Lipinski definition) is 7. The Kier molecular flexibility index (Phi) is 6.36. The molecule has 0 aliphatic carbocycles. The van der Waals surface area contributed by atoms with Crippen molar-refractivity contribution < 1.29 is 27.2 Å². The Morgan fingerprint density at radius 3 is 2.47 bits per heavy atom. The fraction of sp³-hybridized carbons (Fsp3) is 0.368. The molecule has 1 N–H and O–H groups in total. The quantitative estimate of drug-likeness (QED) is 0.515. The zero-order chi connectivity index (χ0) is 24.6. The van der Waals surface area contributed by atoms with E-state index in [1.807, 2.05) is 0 Å². The second-order valence-electron chi connectivity index (χ2n) is 7.21. The van der Waals surface area contributed by atoms with Crippen molar-refractivity contribution in [3.8, 4) is 5.69 Å². The molecule has 0 spiro atoms. The van der Waals surface area contributed by atoms with Crippen LogP contribution in [0.5, 0.6) is 0 Å². The molecule has 3 aromatic rings. The number of alkyl halides is 4. The summed E-state index contributed by atoms with van der Waals surface area (Å²) in [6, 6.07) is 6.28. The highest BCUT2D eigenvalue weighted by molar-refractivity contribution is 6.32. The monoisotopic (exact) mass is 504 g/mol. The number of fused-ring (bicyclic) bond motifs is 1. The maximum atomic E-state index is 13.3. The third-order valence-corrected chi connectivity index (χ3v) is 5.42. The van der Waals surface area contributed by atoms with E-state index in [0.29, 0.717) is 30.7 Å². The Bertz CT molecular complexity index is 1360. The lowest BCUT2D eigenvalue weighted by Gasteiger charge is -2.28. The van der Waals surface area contributed by atoms with Crippen LogP contribution in [0.25, 0.3) is 16.9 Å². The van der Waals surface area contributed by atoms with Gasteiger partial charge in [0.05, 0.1) is 17.3 Å². The number of aryl methyl sites for hydroxylation is 1. The van der Waals surface area contributed by atoms with Gasteiger partial charge in [0.2, 0.25) is 5.95 Å². The molecule has 3 heterocycles. The minimum Gasteiger partial charge on any atom is -0.339 e. The van der Waals surface area contributed by atoms with Gasteiger partial charge >= 0.3 is 23.4 Å². The van der Waals surface area contributed by atoms with Gasteiger partial charge in [-0.15, -0.1) is 0 Å². The average molecular weight is 505 g/mol. The predicted molar refractivity (Wildman–Crippen MR) is 113 cm³/mol. The lowest BCUT2D eigenvalue weighted by molar-refractivity contribution is -0.200. The maximum Gasteiger partial charge on any atom is 0.493 e. The summed E-state index contributed by atoms with van der Waals surface area (Å²) >= 11 is 6.34. The van der Waals surface area contributed by atoms with Crippen molar-refractivity contribution in [1.82, 2.24) is 24.2 Å². The highest BCUT2D eigenvalue weighted by atomic mass is 35.5. The Hall–Kier alpha value is -3.39. The third-order valence-electron chi connectivity index (χ3n) is 5.10. The maximum absolute atomic E-state index is 13.3. The molecule has 0 unspecified atom stereocenters. The van der Waals surface area contributed by atoms with E-state index in [0.717, 1.165) is 0 Å². The van der Waals surface area contributed by atoms with E-state index < -0.39 is 42.1 Å². The van der Waals surface area contributed by atoms with Gasteiger partial charge < -0.3 is 15.1 Å². The summed E-state index contributed by atoms with van der Waals surface area (Å²) in [4.78, 5) is 47.7. The number of nitrogens with one attached hydrogen (secondary N) is 1. The normalized spacial score (nSPS) is 14.6. The second kappa shape index (κ2) is 9.10. The van der Waals surface area contributed by atoms with E-state index in [2.05, 4.69) is 15.1 Å². The minimum atomic E-state index is -5.49. The van der Waals surface area contributed by atoms with Gasteiger partial charge in [0.15, 0.2) is 11.2 Å². The van der Waals surface area contributed by atoms with E-state index in [4.69, 9.17) is 11.6 Å². The number of piperazine rings is 1. The van der Waals surface area contributed by atoms with Crippen LogP contribution in [0.4, 0.5) is 23.5 Å². The van der Waals surface area contributed by atoms with Crippen LogP contribution in [0.2, 0.25) is 5.02 Å². The van der Waals surface area contributed by atoms with Crippen LogP contribution in [-0.4, -0.2) is 63.8 Å². The summed E-state index contributed by atoms with van der Waals surface area (Å²) in [6.07, 6.45) is -5.49. The second-order valence-corrected chi connectivity index (χ2v) is 7.61. The van der Waals surface area contributed by atoms with Crippen LogP contribution in [0.15, 0.2) is 33.9 Å². The molecule has 0 atom stereocenters. The molecule has 0 radical (unpaired) electrons. The van der Waals surface area contributed by atoms with Crippen molar-refractivity contribution in [3.63, 3.8) is 0 Å². The Morgan fingerprint density at radius 1 is 1.18 bits per heavy atom. The summed E-state index contributed by atoms with van der Waals surface area (Å²) in [5, 5.41) is 3.31. The molecule has 0 bridgehead atoms. The first kappa shape index (κ1) is 23.8. The van der Waals surface area contributed by atoms with E-state index in [1.54, 1.807) is 17.0 Å². The van der Waals surface area contributed by atoms with Crippen LogP contribution in [0, 0.1) is 0 Å². The number of imidazole rings is 1. The molecule has 1 aliphatic heterocycles. The highest BCUT2D eigenvalue weighted by Crippen LogP contribution is 2.29. The number of carbonyl (C=O) groups is 1. The number of anilines is 1. The molecule has 1 aromatic carbocycles. The molecule has 15 heteroatoms. The number of benzene rings is 1. The van der Waals surface area contributed by atoms with Crippen molar-refractivity contribution in [2.24, 2.45) is 0 Å².